The Morgan fingerprint density at radius 3 is 2.41 bits per heavy atom. The number of fused-ring (bicyclic) bond motifs is 2. The van der Waals surface area contributed by atoms with E-state index in [2.05, 4.69) is 5.32 Å². The molecule has 2 aliphatic rings. The molecule has 0 aromatic heterocycles. The van der Waals surface area contributed by atoms with E-state index in [4.69, 9.17) is 20.3 Å². The number of ether oxygens (including phenoxy) is 1. The first-order valence-electron chi connectivity index (χ1n) is 11.1. The van der Waals surface area contributed by atoms with Crippen molar-refractivity contribution < 1.29 is 29.3 Å². The minimum absolute atomic E-state index is 0.0252. The second kappa shape index (κ2) is 9.31. The Balaban J connectivity index is 1.59. The molecule has 0 atom stereocenters. The topological polar surface area (TPSA) is 157 Å². The molecule has 6 N–H and O–H groups in total. The molecule has 0 radical (unpaired) electrons. The molecule has 0 unspecified atom stereocenters. The van der Waals surface area contributed by atoms with E-state index in [0.29, 0.717) is 38.9 Å². The quantitative estimate of drug-likeness (QED) is 0.0955. The van der Waals surface area contributed by atoms with Crippen LogP contribution in [0.3, 0.4) is 0 Å². The maximum atomic E-state index is 12.7. The number of esters is 1. The van der Waals surface area contributed by atoms with Crippen molar-refractivity contribution in [1.29, 1.82) is 0 Å². The maximum absolute atomic E-state index is 12.7. The van der Waals surface area contributed by atoms with Crippen LogP contribution in [-0.2, 0) is 0 Å². The smallest absolute Gasteiger partial charge is 0.343 e. The van der Waals surface area contributed by atoms with Gasteiger partial charge in [0.1, 0.15) is 17.1 Å². The summed E-state index contributed by atoms with van der Waals surface area (Å²) in [5, 5.41) is 18.5. The zero-order valence-corrected chi connectivity index (χ0v) is 19.2. The number of nitrogens with two attached hydrogens (primary N) is 2. The van der Waals surface area contributed by atoms with Crippen molar-refractivity contribution in [2.24, 2.45) is 5.73 Å². The van der Waals surface area contributed by atoms with E-state index in [1.807, 2.05) is 0 Å². The van der Waals surface area contributed by atoms with Gasteiger partial charge in [-0.1, -0.05) is 18.2 Å². The van der Waals surface area contributed by atoms with Crippen molar-refractivity contribution in [2.75, 3.05) is 5.32 Å². The van der Waals surface area contributed by atoms with Gasteiger partial charge < -0.3 is 14.3 Å². The average molecular weight is 494 g/mol. The van der Waals surface area contributed by atoms with Crippen LogP contribution < -0.4 is 26.6 Å². The summed E-state index contributed by atoms with van der Waals surface area (Å²) in [5.74, 6) is -1.18. The van der Waals surface area contributed by atoms with Crippen LogP contribution in [0.1, 0.15) is 20.7 Å². The first-order valence-corrected chi connectivity index (χ1v) is 11.1. The fraction of sp³-hybridized carbons (Fsp3) is 0. The number of benzene rings is 4. The maximum Gasteiger partial charge on any atom is 0.343 e. The van der Waals surface area contributed by atoms with E-state index in [0.717, 1.165) is 0 Å². The van der Waals surface area contributed by atoms with Gasteiger partial charge in [-0.05, 0) is 60.2 Å². The highest BCUT2D eigenvalue weighted by molar-refractivity contribution is 6.07. The molecule has 0 fully saturated rings. The monoisotopic (exact) mass is 494 g/mol. The van der Waals surface area contributed by atoms with Crippen molar-refractivity contribution in [1.82, 2.24) is 0 Å². The average Bonchev–Trinajstić information content (AvgIpc) is 2.87. The summed E-state index contributed by atoms with van der Waals surface area (Å²) in [4.78, 5) is 36.7. The minimum atomic E-state index is -1.09. The SMILES string of the molecule is NC(=[NH2+])Nc1ccc(C(=O)Oc2ccc3c(-c4ccccc4C(=O)O)c4ccc(=O)cc-4oc3c2)cc1. The fourth-order valence-electron chi connectivity index (χ4n) is 4.11. The van der Waals surface area contributed by atoms with Gasteiger partial charge in [0.05, 0.1) is 16.8 Å². The largest absolute Gasteiger partial charge is 0.478 e. The molecule has 1 heterocycles. The summed E-state index contributed by atoms with van der Waals surface area (Å²) in [6.45, 7) is 0. The fourth-order valence-corrected chi connectivity index (χ4v) is 4.11. The van der Waals surface area contributed by atoms with Crippen molar-refractivity contribution in [2.45, 2.75) is 0 Å². The molecule has 9 heteroatoms. The molecule has 9 nitrogen and oxygen atoms in total. The van der Waals surface area contributed by atoms with Gasteiger partial charge in [0.25, 0.3) is 0 Å². The Morgan fingerprint density at radius 1 is 0.919 bits per heavy atom. The standard InChI is InChI=1S/C28H19N3O6/c29-28(30)31-16-7-5-15(6-8-16)27(35)36-18-10-12-22-24(14-18)37-23-13-17(32)9-11-21(23)25(22)19-3-1-2-4-20(19)26(33)34/h1-14H,(H,33,34)(H4,29,30,31)/p+1. The molecule has 0 saturated heterocycles. The molecular formula is C28H20N3O6+. The van der Waals surface area contributed by atoms with Gasteiger partial charge in [-0.2, -0.15) is 0 Å². The third-order valence-corrected chi connectivity index (χ3v) is 5.71. The lowest BCUT2D eigenvalue weighted by Crippen LogP contribution is -2.50. The molecule has 5 rings (SSSR count). The Hall–Kier alpha value is -5.44. The van der Waals surface area contributed by atoms with E-state index >= 15 is 0 Å². The zero-order chi connectivity index (χ0) is 26.1. The van der Waals surface area contributed by atoms with Crippen molar-refractivity contribution >= 4 is 34.6 Å². The number of carboxylic acid groups (broad SMARTS) is 1. The van der Waals surface area contributed by atoms with Crippen LogP contribution in [0.5, 0.6) is 5.75 Å². The van der Waals surface area contributed by atoms with E-state index in [1.165, 1.54) is 24.3 Å². The second-order valence-corrected chi connectivity index (χ2v) is 8.19. The Kier molecular flexibility index (Phi) is 5.86. The summed E-state index contributed by atoms with van der Waals surface area (Å²) < 4.78 is 11.5. The predicted molar refractivity (Wildman–Crippen MR) is 138 cm³/mol. The lowest BCUT2D eigenvalue weighted by atomic mass is 9.91. The number of guanidine groups is 1. The van der Waals surface area contributed by atoms with Gasteiger partial charge in [0, 0.05) is 28.6 Å². The van der Waals surface area contributed by atoms with Gasteiger partial charge in [0.15, 0.2) is 5.43 Å². The van der Waals surface area contributed by atoms with Crippen LogP contribution in [0.15, 0.2) is 94.1 Å². The van der Waals surface area contributed by atoms with Crippen molar-refractivity contribution in [3.8, 4) is 28.2 Å². The summed E-state index contributed by atoms with van der Waals surface area (Å²) in [6.07, 6.45) is 0. The summed E-state index contributed by atoms with van der Waals surface area (Å²) in [7, 11) is 0. The van der Waals surface area contributed by atoms with Crippen molar-refractivity contribution in [3.05, 3.63) is 106 Å². The highest BCUT2D eigenvalue weighted by Gasteiger charge is 2.22. The summed E-state index contributed by atoms with van der Waals surface area (Å²) in [5.41, 5.74) is 8.11. The van der Waals surface area contributed by atoms with Crippen LogP contribution in [0.2, 0.25) is 0 Å². The summed E-state index contributed by atoms with van der Waals surface area (Å²) >= 11 is 0. The molecular weight excluding hydrogens is 474 g/mol. The van der Waals surface area contributed by atoms with Gasteiger partial charge in [-0.3, -0.25) is 15.9 Å². The molecule has 182 valence electrons. The van der Waals surface area contributed by atoms with Gasteiger partial charge >= 0.3 is 17.9 Å². The molecule has 3 aromatic rings. The highest BCUT2D eigenvalue weighted by atomic mass is 16.5. The van der Waals surface area contributed by atoms with E-state index in [9.17, 15) is 19.5 Å². The van der Waals surface area contributed by atoms with Gasteiger partial charge in [-0.15, -0.1) is 0 Å². The molecule has 0 spiro atoms. The number of aromatic carboxylic acids is 1. The van der Waals surface area contributed by atoms with Crippen LogP contribution in [0.4, 0.5) is 5.69 Å². The normalized spacial score (nSPS) is 10.8. The van der Waals surface area contributed by atoms with Crippen LogP contribution in [0.25, 0.3) is 33.4 Å². The molecule has 37 heavy (non-hydrogen) atoms. The molecule has 3 aromatic carbocycles. The first kappa shape index (κ1) is 23.3. The zero-order valence-electron chi connectivity index (χ0n) is 19.2. The van der Waals surface area contributed by atoms with Gasteiger partial charge in [0.2, 0.25) is 0 Å². The number of hydrogen-bond donors (Lipinski definition) is 4. The van der Waals surface area contributed by atoms with E-state index in [-0.39, 0.29) is 28.5 Å². The molecule has 1 aliphatic carbocycles. The number of hydrogen-bond acceptors (Lipinski definition) is 5. The number of nitrogens with one attached hydrogen (secondary N) is 1. The first-order chi connectivity index (χ1) is 17.8. The lowest BCUT2D eigenvalue weighted by molar-refractivity contribution is -0.115. The molecule has 0 bridgehead atoms. The second-order valence-electron chi connectivity index (χ2n) is 8.19. The molecule has 1 aliphatic heterocycles. The number of rotatable bonds is 5. The molecule has 0 saturated carbocycles. The predicted octanol–water partition coefficient (Wildman–Crippen LogP) is 2.97. The molecule has 0 amide bonds. The number of anilines is 1. The third kappa shape index (κ3) is 4.61. The van der Waals surface area contributed by atoms with Crippen LogP contribution in [-0.4, -0.2) is 23.0 Å². The van der Waals surface area contributed by atoms with E-state index in [1.54, 1.807) is 60.7 Å². The van der Waals surface area contributed by atoms with Crippen molar-refractivity contribution in [3.63, 3.8) is 0 Å². The van der Waals surface area contributed by atoms with E-state index < -0.39 is 11.9 Å². The third-order valence-electron chi connectivity index (χ3n) is 5.71. The van der Waals surface area contributed by atoms with Gasteiger partial charge in [-0.25, -0.2) is 14.9 Å². The van der Waals surface area contributed by atoms with Crippen LogP contribution >= 0.6 is 0 Å². The summed E-state index contributed by atoms with van der Waals surface area (Å²) in [6, 6.07) is 22.1. The number of carbonyl (C=O) groups excluding carboxylic acids is 1. The Bertz CT molecular complexity index is 1720. The Morgan fingerprint density at radius 2 is 1.68 bits per heavy atom. The van der Waals surface area contributed by atoms with Crippen LogP contribution in [0, 0.1) is 0 Å². The lowest BCUT2D eigenvalue weighted by Gasteiger charge is -2.17. The highest BCUT2D eigenvalue weighted by Crippen LogP contribution is 2.42. The number of carboxylic acids is 1. The Labute approximate surface area is 209 Å². The number of carbonyl (C=O) groups is 2. The minimum Gasteiger partial charge on any atom is -0.478 e.